The molecule has 10 nitrogen and oxygen atoms in total. The van der Waals surface area contributed by atoms with Crippen molar-refractivity contribution in [2.75, 3.05) is 29.0 Å². The van der Waals surface area contributed by atoms with E-state index in [0.717, 1.165) is 55.4 Å². The number of fused-ring (bicyclic) bond motifs is 3. The van der Waals surface area contributed by atoms with Crippen molar-refractivity contribution in [1.82, 2.24) is 24.6 Å². The second kappa shape index (κ2) is 15.4. The van der Waals surface area contributed by atoms with Crippen LogP contribution < -0.4 is 16.0 Å². The number of likely N-dealkylation sites (tertiary alicyclic amines) is 1. The normalized spacial score (nSPS) is 21.0. The monoisotopic (exact) mass is 632 g/mol. The van der Waals surface area contributed by atoms with Gasteiger partial charge in [-0.05, 0) is 73.6 Å². The van der Waals surface area contributed by atoms with Crippen molar-refractivity contribution in [3.8, 4) is 0 Å². The number of rotatable bonds is 10. The maximum atomic E-state index is 13.1. The van der Waals surface area contributed by atoms with E-state index in [1.807, 2.05) is 49.0 Å². The zero-order valence-corrected chi connectivity index (χ0v) is 27.1. The quantitative estimate of drug-likeness (QED) is 0.202. The van der Waals surface area contributed by atoms with Crippen molar-refractivity contribution >= 4 is 46.6 Å². The van der Waals surface area contributed by atoms with Gasteiger partial charge >= 0.3 is 0 Å². The Kier molecular flexibility index (Phi) is 11.1. The van der Waals surface area contributed by atoms with E-state index >= 15 is 0 Å². The summed E-state index contributed by atoms with van der Waals surface area (Å²) in [6.07, 6.45) is 15.7. The van der Waals surface area contributed by atoms with Gasteiger partial charge in [-0.15, -0.1) is 0 Å². The summed E-state index contributed by atoms with van der Waals surface area (Å²) < 4.78 is 1.98. The molecule has 11 heteroatoms. The number of piperidine rings is 1. The van der Waals surface area contributed by atoms with E-state index in [1.165, 1.54) is 38.2 Å². The summed E-state index contributed by atoms with van der Waals surface area (Å²) in [4.78, 5) is 35.6. The lowest BCUT2D eigenvalue weighted by Crippen LogP contribution is -2.41. The van der Waals surface area contributed by atoms with Crippen LogP contribution >= 0.6 is 11.6 Å². The van der Waals surface area contributed by atoms with E-state index in [1.54, 1.807) is 12.4 Å². The highest BCUT2D eigenvalue weighted by Crippen LogP contribution is 2.46. The number of nitrogens with zero attached hydrogens (tertiary/aromatic N) is 5. The van der Waals surface area contributed by atoms with Crippen LogP contribution in [0.5, 0.6) is 0 Å². The summed E-state index contributed by atoms with van der Waals surface area (Å²) in [5, 5.41) is 14.2. The number of nitrogens with one attached hydrogen (secondary N) is 3. The van der Waals surface area contributed by atoms with Crippen molar-refractivity contribution in [3.05, 3.63) is 66.1 Å². The third-order valence-corrected chi connectivity index (χ3v) is 9.54. The van der Waals surface area contributed by atoms with Crippen molar-refractivity contribution in [3.63, 3.8) is 0 Å². The highest BCUT2D eigenvalue weighted by Gasteiger charge is 2.37. The Labute approximate surface area is 271 Å². The van der Waals surface area contributed by atoms with E-state index in [2.05, 4.69) is 42.5 Å². The first kappa shape index (κ1) is 32.5. The number of carbonyl (C=O) groups excluding carboxylic acids is 2. The second-order valence-corrected chi connectivity index (χ2v) is 12.5. The summed E-state index contributed by atoms with van der Waals surface area (Å²) in [5.74, 6) is 3.20. The van der Waals surface area contributed by atoms with E-state index in [-0.39, 0.29) is 11.9 Å². The van der Waals surface area contributed by atoms with E-state index < -0.39 is 0 Å². The highest BCUT2D eigenvalue weighted by atomic mass is 35.5. The molecular formula is C34H45ClN8O2. The van der Waals surface area contributed by atoms with Crippen molar-refractivity contribution in [2.24, 2.45) is 17.8 Å². The van der Waals surface area contributed by atoms with Crippen LogP contribution in [0.25, 0.3) is 0 Å². The average molecular weight is 633 g/mol. The molecule has 4 aliphatic rings. The molecule has 1 aliphatic heterocycles. The van der Waals surface area contributed by atoms with Gasteiger partial charge in [0.05, 0.1) is 24.1 Å². The Morgan fingerprint density at radius 2 is 1.84 bits per heavy atom. The van der Waals surface area contributed by atoms with Gasteiger partial charge in [-0.1, -0.05) is 57.0 Å². The molecule has 45 heavy (non-hydrogen) atoms. The molecule has 1 unspecified atom stereocenters. The molecule has 3 aliphatic carbocycles. The van der Waals surface area contributed by atoms with Gasteiger partial charge in [0.15, 0.2) is 5.82 Å². The Balaban J connectivity index is 0.00000196. The molecule has 2 aromatic heterocycles. The summed E-state index contributed by atoms with van der Waals surface area (Å²) in [5.41, 5.74) is 2.41. The van der Waals surface area contributed by atoms with Gasteiger partial charge in [0, 0.05) is 37.9 Å². The molecule has 1 aromatic carbocycles. The van der Waals surface area contributed by atoms with Crippen LogP contribution in [0.4, 0.5) is 23.1 Å². The fourth-order valence-corrected chi connectivity index (χ4v) is 7.08. The van der Waals surface area contributed by atoms with Crippen LogP contribution in [-0.2, 0) is 16.1 Å². The molecule has 240 valence electrons. The third-order valence-electron chi connectivity index (χ3n) is 9.26. The molecule has 2 amide bonds. The summed E-state index contributed by atoms with van der Waals surface area (Å²) in [6.45, 7) is 9.50. The Hall–Kier alpha value is -3.92. The first-order valence-electron chi connectivity index (χ1n) is 16.3. The van der Waals surface area contributed by atoms with Crippen LogP contribution in [-0.4, -0.2) is 49.6 Å². The van der Waals surface area contributed by atoms with E-state index in [9.17, 15) is 9.59 Å². The predicted octanol–water partition coefficient (Wildman–Crippen LogP) is 7.21. The molecule has 1 saturated heterocycles. The van der Waals surface area contributed by atoms with Crippen LogP contribution in [0.1, 0.15) is 76.8 Å². The van der Waals surface area contributed by atoms with Crippen LogP contribution in [0.15, 0.2) is 55.5 Å². The van der Waals surface area contributed by atoms with Crippen LogP contribution in [0, 0.1) is 17.8 Å². The van der Waals surface area contributed by atoms with Crippen molar-refractivity contribution in [1.29, 1.82) is 0 Å². The maximum absolute atomic E-state index is 13.1. The third kappa shape index (κ3) is 8.42. The smallest absolute Gasteiger partial charge is 0.247 e. The van der Waals surface area contributed by atoms with E-state index in [4.69, 9.17) is 11.6 Å². The lowest BCUT2D eigenvalue weighted by Gasteiger charge is -2.43. The van der Waals surface area contributed by atoms with Crippen LogP contribution in [0.3, 0.4) is 0 Å². The number of halogens is 1. The predicted molar refractivity (Wildman–Crippen MR) is 180 cm³/mol. The van der Waals surface area contributed by atoms with Gasteiger partial charge in [-0.2, -0.15) is 10.1 Å². The largest absolute Gasteiger partial charge is 0.365 e. The Morgan fingerprint density at radius 1 is 1.07 bits per heavy atom. The number of amides is 2. The zero-order chi connectivity index (χ0) is 31.8. The minimum absolute atomic E-state index is 0.251. The fourth-order valence-electron chi connectivity index (χ4n) is 6.92. The SMILES string of the molecule is C=CC(=O)Nc1cccc(CNc2nc(Nc3cnn(C4CCN(C(=O)CC5CC6CCC5CC6)CC4)c3)ncc2Cl)c1.CC. The molecule has 3 heterocycles. The van der Waals surface area contributed by atoms with Crippen molar-refractivity contribution in [2.45, 2.75) is 77.8 Å². The number of aromatic nitrogens is 4. The standard InChI is InChI=1S/C32H39ClN8O2.C2H6/c1-2-29(42)37-25-5-3-4-22(15-25)17-34-31-28(33)19-35-32(39-31)38-26-18-36-41(20-26)27-10-12-40(13-11-27)30(43)16-24-14-21-6-8-23(24)9-7-21;1-2/h2-5,15,18-21,23-24,27H,1,6-14,16-17H2,(H,37,42)(H2,34,35,38,39);1-2H3. The molecule has 7 rings (SSSR count). The summed E-state index contributed by atoms with van der Waals surface area (Å²) >= 11 is 6.37. The number of carbonyl (C=O) groups is 2. The molecule has 4 fully saturated rings. The summed E-state index contributed by atoms with van der Waals surface area (Å²) in [7, 11) is 0. The van der Waals surface area contributed by atoms with Gasteiger partial charge in [-0.25, -0.2) is 4.98 Å². The maximum Gasteiger partial charge on any atom is 0.247 e. The highest BCUT2D eigenvalue weighted by molar-refractivity contribution is 6.32. The number of anilines is 4. The molecule has 3 N–H and O–H groups in total. The van der Waals surface area contributed by atoms with Gasteiger partial charge in [0.1, 0.15) is 5.02 Å². The van der Waals surface area contributed by atoms with Gasteiger partial charge in [-0.3, -0.25) is 14.3 Å². The summed E-state index contributed by atoms with van der Waals surface area (Å²) in [6, 6.07) is 7.75. The minimum Gasteiger partial charge on any atom is -0.365 e. The van der Waals surface area contributed by atoms with Gasteiger partial charge in [0.2, 0.25) is 17.8 Å². The number of benzene rings is 1. The topological polar surface area (TPSA) is 117 Å². The first-order valence-corrected chi connectivity index (χ1v) is 16.7. The van der Waals surface area contributed by atoms with E-state index in [0.29, 0.717) is 40.8 Å². The van der Waals surface area contributed by atoms with Crippen molar-refractivity contribution < 1.29 is 9.59 Å². The molecule has 0 radical (unpaired) electrons. The molecule has 0 spiro atoms. The average Bonchev–Trinajstić information content (AvgIpc) is 3.55. The minimum atomic E-state index is -0.264. The Morgan fingerprint density at radius 3 is 2.56 bits per heavy atom. The number of hydrogen-bond donors (Lipinski definition) is 3. The Bertz CT molecular complexity index is 1460. The molecule has 1 atom stereocenters. The van der Waals surface area contributed by atoms with Gasteiger partial charge in [0.25, 0.3) is 0 Å². The number of hydrogen-bond acceptors (Lipinski definition) is 7. The zero-order valence-electron chi connectivity index (χ0n) is 26.3. The first-order chi connectivity index (χ1) is 21.9. The molecular weight excluding hydrogens is 588 g/mol. The molecule has 2 bridgehead atoms. The fraction of sp³-hybridized carbons (Fsp3) is 0.500. The lowest BCUT2D eigenvalue weighted by molar-refractivity contribution is -0.135. The molecule has 3 saturated carbocycles. The lowest BCUT2D eigenvalue weighted by atomic mass is 9.64. The van der Waals surface area contributed by atoms with Crippen LogP contribution in [0.2, 0.25) is 5.02 Å². The molecule has 3 aromatic rings. The second-order valence-electron chi connectivity index (χ2n) is 12.1. The van der Waals surface area contributed by atoms with Gasteiger partial charge < -0.3 is 20.9 Å².